The summed E-state index contributed by atoms with van der Waals surface area (Å²) < 4.78 is 0. The van der Waals surface area contributed by atoms with E-state index >= 15 is 0 Å². The van der Waals surface area contributed by atoms with E-state index in [1.54, 1.807) is 12.2 Å². The van der Waals surface area contributed by atoms with Gasteiger partial charge in [-0.1, -0.05) is 64.2 Å². The van der Waals surface area contributed by atoms with Crippen LogP contribution in [-0.2, 0) is 19.2 Å². The maximum Gasteiger partial charge on any atom is 0.248 e. The Hall–Kier alpha value is -3.16. The molecule has 198 valence electrons. The lowest BCUT2D eigenvalue weighted by molar-refractivity contribution is -0.128. The van der Waals surface area contributed by atoms with E-state index in [0.29, 0.717) is 62.8 Å². The van der Waals surface area contributed by atoms with Crippen LogP contribution >= 0.6 is 0 Å². The first-order valence-electron chi connectivity index (χ1n) is 13.1. The number of hydrogen-bond donors (Lipinski definition) is 4. The Morgan fingerprint density at radius 1 is 0.694 bits per heavy atom. The fraction of sp³-hybridized carbons (Fsp3) is 0.571. The highest BCUT2D eigenvalue weighted by Crippen LogP contribution is 2.13. The van der Waals surface area contributed by atoms with Crippen molar-refractivity contribution in [1.29, 1.82) is 0 Å². The van der Waals surface area contributed by atoms with Gasteiger partial charge in [-0.25, -0.2) is 0 Å². The number of carbonyl (C=O) groups is 4. The van der Waals surface area contributed by atoms with Gasteiger partial charge in [-0.05, 0) is 50.4 Å². The van der Waals surface area contributed by atoms with Crippen molar-refractivity contribution in [3.63, 3.8) is 0 Å². The lowest BCUT2D eigenvalue weighted by Gasteiger charge is -2.21. The maximum atomic E-state index is 12.7. The first kappa shape index (κ1) is 29.1. The van der Waals surface area contributed by atoms with Crippen LogP contribution in [0.1, 0.15) is 66.2 Å². The van der Waals surface area contributed by atoms with Gasteiger partial charge < -0.3 is 21.3 Å². The monoisotopic (exact) mass is 498 g/mol. The Morgan fingerprint density at radius 3 is 1.39 bits per heavy atom. The molecule has 0 saturated carbocycles. The molecule has 4 amide bonds. The number of hydrogen-bond acceptors (Lipinski definition) is 4. The van der Waals surface area contributed by atoms with E-state index in [4.69, 9.17) is 0 Å². The summed E-state index contributed by atoms with van der Waals surface area (Å²) >= 11 is 0. The highest BCUT2D eigenvalue weighted by molar-refractivity contribution is 5.98. The minimum Gasteiger partial charge on any atom is -0.354 e. The highest BCUT2D eigenvalue weighted by Gasteiger charge is 2.24. The van der Waals surface area contributed by atoms with Crippen molar-refractivity contribution in [2.24, 2.45) is 11.8 Å². The largest absolute Gasteiger partial charge is 0.354 e. The minimum atomic E-state index is -0.579. The standard InChI is InChI=1S/C28H42N4O4/c1-19(2)17-23(31-25(33)21-11-5-6-12-21)27(35)29-15-9-10-16-30-28(36)24(18-20(3)4)32-26(34)22-13-7-8-14-22/h5-8,11,13,19-20,23-24H,9-10,12,14-18H2,1-4H3,(H,29,35)(H,30,36)(H,31,33)(H,32,34)/t23-,24-/m0/s1. The molecule has 0 spiro atoms. The molecule has 0 radical (unpaired) electrons. The summed E-state index contributed by atoms with van der Waals surface area (Å²) in [5.41, 5.74) is 1.33. The number of unbranched alkanes of at least 4 members (excludes halogenated alkanes) is 1. The van der Waals surface area contributed by atoms with Crippen molar-refractivity contribution in [3.05, 3.63) is 47.6 Å². The van der Waals surface area contributed by atoms with Gasteiger partial charge in [0.05, 0.1) is 0 Å². The third-order valence-electron chi connectivity index (χ3n) is 5.99. The third-order valence-corrected chi connectivity index (χ3v) is 5.99. The number of nitrogens with one attached hydrogen (secondary N) is 4. The van der Waals surface area contributed by atoms with E-state index in [1.807, 2.05) is 52.0 Å². The maximum absolute atomic E-state index is 12.7. The summed E-state index contributed by atoms with van der Waals surface area (Å²) in [5, 5.41) is 11.5. The molecule has 0 saturated heterocycles. The Morgan fingerprint density at radius 2 is 1.08 bits per heavy atom. The van der Waals surface area contributed by atoms with Crippen LogP contribution in [-0.4, -0.2) is 48.8 Å². The molecule has 2 aliphatic carbocycles. The fourth-order valence-electron chi connectivity index (χ4n) is 4.06. The molecule has 0 aromatic carbocycles. The fourth-order valence-corrected chi connectivity index (χ4v) is 4.06. The normalized spacial score (nSPS) is 15.9. The zero-order valence-electron chi connectivity index (χ0n) is 22.1. The number of allylic oxidation sites excluding steroid dienone is 6. The molecule has 8 heteroatoms. The third kappa shape index (κ3) is 10.2. The molecule has 4 N–H and O–H groups in total. The molecule has 2 atom stereocenters. The molecule has 0 aromatic rings. The van der Waals surface area contributed by atoms with E-state index in [0.717, 1.165) is 0 Å². The lowest BCUT2D eigenvalue weighted by Crippen LogP contribution is -2.48. The summed E-state index contributed by atoms with van der Waals surface area (Å²) in [6, 6.07) is -1.16. The van der Waals surface area contributed by atoms with Gasteiger partial charge in [0, 0.05) is 24.2 Å². The summed E-state index contributed by atoms with van der Waals surface area (Å²) in [6.07, 6.45) is 14.7. The van der Waals surface area contributed by atoms with Crippen LogP contribution in [0, 0.1) is 11.8 Å². The second kappa shape index (κ2) is 15.1. The van der Waals surface area contributed by atoms with E-state index in [2.05, 4.69) is 21.3 Å². The van der Waals surface area contributed by atoms with Gasteiger partial charge in [-0.2, -0.15) is 0 Å². The van der Waals surface area contributed by atoms with E-state index in [-0.39, 0.29) is 35.5 Å². The van der Waals surface area contributed by atoms with E-state index in [1.165, 1.54) is 0 Å². The molecule has 36 heavy (non-hydrogen) atoms. The van der Waals surface area contributed by atoms with Crippen LogP contribution in [0.4, 0.5) is 0 Å². The van der Waals surface area contributed by atoms with Crippen LogP contribution in [0.2, 0.25) is 0 Å². The summed E-state index contributed by atoms with van der Waals surface area (Å²) in [7, 11) is 0. The molecule has 0 unspecified atom stereocenters. The summed E-state index contributed by atoms with van der Waals surface area (Å²) in [6.45, 7) is 8.97. The SMILES string of the molecule is CC(C)C[C@H](NC(=O)C1=CC=CC1)C(=O)NCCCCNC(=O)[C@H](CC(C)C)NC(=O)C1=CC=CC1. The van der Waals surface area contributed by atoms with Crippen LogP contribution < -0.4 is 21.3 Å². The average Bonchev–Trinajstić information content (AvgIpc) is 3.54. The molecule has 2 rings (SSSR count). The predicted octanol–water partition coefficient (Wildman–Crippen LogP) is 2.83. The molecule has 0 aliphatic heterocycles. The number of carbonyl (C=O) groups excluding carboxylic acids is 4. The number of rotatable bonds is 15. The van der Waals surface area contributed by atoms with Gasteiger partial charge in [0.1, 0.15) is 12.1 Å². The molecule has 0 fully saturated rings. The predicted molar refractivity (Wildman–Crippen MR) is 142 cm³/mol. The average molecular weight is 499 g/mol. The van der Waals surface area contributed by atoms with E-state index in [9.17, 15) is 19.2 Å². The highest BCUT2D eigenvalue weighted by atomic mass is 16.2. The summed E-state index contributed by atoms with van der Waals surface area (Å²) in [4.78, 5) is 50.2. The van der Waals surface area contributed by atoms with Gasteiger partial charge in [0.2, 0.25) is 23.6 Å². The van der Waals surface area contributed by atoms with Crippen molar-refractivity contribution in [2.45, 2.75) is 78.3 Å². The Kier molecular flexibility index (Phi) is 12.2. The molecule has 0 bridgehead atoms. The Bertz CT molecular complexity index is 841. The van der Waals surface area contributed by atoms with Gasteiger partial charge in [0.15, 0.2) is 0 Å². The molecule has 0 heterocycles. The number of amides is 4. The van der Waals surface area contributed by atoms with Crippen molar-refractivity contribution in [3.8, 4) is 0 Å². The molecular formula is C28H42N4O4. The van der Waals surface area contributed by atoms with Gasteiger partial charge in [-0.3, -0.25) is 19.2 Å². The van der Waals surface area contributed by atoms with Gasteiger partial charge in [-0.15, -0.1) is 0 Å². The van der Waals surface area contributed by atoms with E-state index < -0.39 is 12.1 Å². The lowest BCUT2D eigenvalue weighted by atomic mass is 10.0. The quantitative estimate of drug-likeness (QED) is 0.260. The molecular weight excluding hydrogens is 456 g/mol. The second-order valence-electron chi connectivity index (χ2n) is 10.2. The van der Waals surface area contributed by atoms with Crippen LogP contribution in [0.15, 0.2) is 47.6 Å². The minimum absolute atomic E-state index is 0.192. The first-order valence-corrected chi connectivity index (χ1v) is 13.1. The first-order chi connectivity index (χ1) is 17.2. The molecule has 8 nitrogen and oxygen atoms in total. The van der Waals surface area contributed by atoms with Crippen molar-refractivity contribution in [1.82, 2.24) is 21.3 Å². The summed E-state index contributed by atoms with van der Waals surface area (Å²) in [5.74, 6) is -0.273. The molecule has 2 aliphatic rings. The zero-order valence-corrected chi connectivity index (χ0v) is 22.1. The Balaban J connectivity index is 1.71. The second-order valence-corrected chi connectivity index (χ2v) is 10.2. The van der Waals surface area contributed by atoms with Crippen LogP contribution in [0.25, 0.3) is 0 Å². The smallest absolute Gasteiger partial charge is 0.248 e. The van der Waals surface area contributed by atoms with Crippen molar-refractivity contribution in [2.75, 3.05) is 13.1 Å². The van der Waals surface area contributed by atoms with Crippen LogP contribution in [0.5, 0.6) is 0 Å². The van der Waals surface area contributed by atoms with Crippen molar-refractivity contribution < 1.29 is 19.2 Å². The van der Waals surface area contributed by atoms with Crippen molar-refractivity contribution >= 4 is 23.6 Å². The van der Waals surface area contributed by atoms with Gasteiger partial charge >= 0.3 is 0 Å². The molecule has 0 aromatic heterocycles. The van der Waals surface area contributed by atoms with Crippen LogP contribution in [0.3, 0.4) is 0 Å². The topological polar surface area (TPSA) is 116 Å². The Labute approximate surface area is 215 Å². The van der Waals surface area contributed by atoms with Gasteiger partial charge in [0.25, 0.3) is 0 Å². The zero-order chi connectivity index (χ0) is 26.5.